The Kier molecular flexibility index (Phi) is 6.23. The maximum absolute atomic E-state index is 12.9. The van der Waals surface area contributed by atoms with Crippen molar-refractivity contribution in [3.05, 3.63) is 95.3 Å². The largest absolute Gasteiger partial charge is 0.497 e. The zero-order chi connectivity index (χ0) is 18.2. The topological polar surface area (TPSA) is 35.1 Å². The molecule has 3 rings (SSSR count). The number of nitrogens with two attached hydrogens (primary N) is 1. The van der Waals surface area contributed by atoms with Crippen LogP contribution in [-0.4, -0.2) is 7.11 Å². The predicted octanol–water partition coefficient (Wildman–Crippen LogP) is 3.68. The number of methoxy groups -OCH3 is 1. The third-order valence-corrected chi connectivity index (χ3v) is 4.14. The van der Waals surface area contributed by atoms with Gasteiger partial charge in [0.05, 0.1) is 7.11 Å². The minimum Gasteiger partial charge on any atom is -0.497 e. The Labute approximate surface area is 153 Å². The van der Waals surface area contributed by atoms with E-state index in [1.54, 1.807) is 19.2 Å². The maximum atomic E-state index is 12.9. The summed E-state index contributed by atoms with van der Waals surface area (Å²) < 4.78 is 23.9. The Bertz CT molecular complexity index is 816. The van der Waals surface area contributed by atoms with Crippen molar-refractivity contribution in [2.75, 3.05) is 7.11 Å². The molecule has 0 spiro atoms. The van der Waals surface area contributed by atoms with Crippen molar-refractivity contribution in [3.8, 4) is 11.5 Å². The highest BCUT2D eigenvalue weighted by molar-refractivity contribution is 5.29. The van der Waals surface area contributed by atoms with Crippen molar-refractivity contribution < 1.29 is 19.2 Å². The quantitative estimate of drug-likeness (QED) is 0.671. The Hall–Kier alpha value is -2.85. The number of quaternary nitrogens is 1. The lowest BCUT2D eigenvalue weighted by molar-refractivity contribution is -0.686. The molecule has 0 atom stereocenters. The van der Waals surface area contributed by atoms with E-state index in [1.807, 2.05) is 30.3 Å². The fourth-order valence-corrected chi connectivity index (χ4v) is 2.68. The van der Waals surface area contributed by atoms with Crippen molar-refractivity contribution >= 4 is 0 Å². The summed E-state index contributed by atoms with van der Waals surface area (Å²) in [5.74, 6) is 1.47. The number of hydrogen-bond donors (Lipinski definition) is 1. The van der Waals surface area contributed by atoms with Gasteiger partial charge in [0.1, 0.15) is 37.0 Å². The number of rotatable bonds is 8. The highest BCUT2D eigenvalue weighted by Gasteiger charge is 2.02. The summed E-state index contributed by atoms with van der Waals surface area (Å²) >= 11 is 0. The zero-order valence-corrected chi connectivity index (χ0v) is 14.8. The molecule has 0 saturated heterocycles. The van der Waals surface area contributed by atoms with Crippen LogP contribution in [-0.2, 0) is 19.7 Å². The molecule has 0 aliphatic carbocycles. The minimum absolute atomic E-state index is 0.233. The first-order chi connectivity index (χ1) is 12.7. The highest BCUT2D eigenvalue weighted by Crippen LogP contribution is 2.15. The van der Waals surface area contributed by atoms with Crippen molar-refractivity contribution in [1.82, 2.24) is 0 Å². The van der Waals surface area contributed by atoms with Gasteiger partial charge >= 0.3 is 0 Å². The average molecular weight is 352 g/mol. The summed E-state index contributed by atoms with van der Waals surface area (Å²) in [5.41, 5.74) is 3.41. The molecule has 0 unspecified atom stereocenters. The second kappa shape index (κ2) is 9.02. The van der Waals surface area contributed by atoms with Crippen LogP contribution in [0.25, 0.3) is 0 Å². The van der Waals surface area contributed by atoms with Gasteiger partial charge in [-0.25, -0.2) is 4.39 Å². The van der Waals surface area contributed by atoms with Crippen LogP contribution in [0.15, 0.2) is 72.8 Å². The smallest absolute Gasteiger partial charge is 0.123 e. The van der Waals surface area contributed by atoms with Crippen molar-refractivity contribution in [3.63, 3.8) is 0 Å². The van der Waals surface area contributed by atoms with E-state index in [1.165, 1.54) is 23.3 Å². The van der Waals surface area contributed by atoms with Crippen LogP contribution in [0.2, 0.25) is 0 Å². The third-order valence-electron chi connectivity index (χ3n) is 4.14. The van der Waals surface area contributed by atoms with Crippen LogP contribution >= 0.6 is 0 Å². The van der Waals surface area contributed by atoms with E-state index in [-0.39, 0.29) is 5.82 Å². The number of halogens is 1. The maximum Gasteiger partial charge on any atom is 0.123 e. The molecule has 4 heteroatoms. The van der Waals surface area contributed by atoms with E-state index < -0.39 is 0 Å². The van der Waals surface area contributed by atoms with Crippen LogP contribution in [0, 0.1) is 5.82 Å². The summed E-state index contributed by atoms with van der Waals surface area (Å²) in [4.78, 5) is 0. The summed E-state index contributed by atoms with van der Waals surface area (Å²) in [6, 6.07) is 22.6. The van der Waals surface area contributed by atoms with Crippen LogP contribution in [0.5, 0.6) is 11.5 Å². The molecule has 0 radical (unpaired) electrons. The van der Waals surface area contributed by atoms with Gasteiger partial charge in [0, 0.05) is 11.1 Å². The first-order valence-corrected chi connectivity index (χ1v) is 8.64. The van der Waals surface area contributed by atoms with Gasteiger partial charge < -0.3 is 14.8 Å². The van der Waals surface area contributed by atoms with E-state index in [4.69, 9.17) is 9.47 Å². The van der Waals surface area contributed by atoms with Crippen molar-refractivity contribution in [1.29, 1.82) is 0 Å². The molecule has 0 fully saturated rings. The molecule has 3 nitrogen and oxygen atoms in total. The SMILES string of the molecule is COc1ccc(C[NH2+]Cc2cccc(OCc3ccc(F)cc3)c2)cc1. The Morgan fingerprint density at radius 2 is 1.46 bits per heavy atom. The number of hydrogen-bond acceptors (Lipinski definition) is 2. The van der Waals surface area contributed by atoms with Gasteiger partial charge in [-0.1, -0.05) is 24.3 Å². The van der Waals surface area contributed by atoms with Crippen LogP contribution in [0.1, 0.15) is 16.7 Å². The van der Waals surface area contributed by atoms with E-state index in [9.17, 15) is 4.39 Å². The van der Waals surface area contributed by atoms with Gasteiger partial charge in [0.15, 0.2) is 0 Å². The lowest BCUT2D eigenvalue weighted by atomic mass is 10.2. The summed E-state index contributed by atoms with van der Waals surface area (Å²) in [6.45, 7) is 2.21. The molecule has 3 aromatic carbocycles. The fourth-order valence-electron chi connectivity index (χ4n) is 2.68. The zero-order valence-electron chi connectivity index (χ0n) is 14.8. The fraction of sp³-hybridized carbons (Fsp3) is 0.182. The van der Waals surface area contributed by atoms with E-state index >= 15 is 0 Å². The molecule has 26 heavy (non-hydrogen) atoms. The molecule has 3 aromatic rings. The Morgan fingerprint density at radius 3 is 2.19 bits per heavy atom. The van der Waals surface area contributed by atoms with E-state index in [2.05, 4.69) is 23.5 Å². The minimum atomic E-state index is -0.233. The average Bonchev–Trinajstić information content (AvgIpc) is 2.68. The first kappa shape index (κ1) is 18.0. The summed E-state index contributed by atoms with van der Waals surface area (Å²) in [5, 5.41) is 2.25. The highest BCUT2D eigenvalue weighted by atomic mass is 19.1. The molecule has 0 aliphatic rings. The van der Waals surface area contributed by atoms with Gasteiger partial charge in [-0.2, -0.15) is 0 Å². The van der Waals surface area contributed by atoms with Crippen molar-refractivity contribution in [2.24, 2.45) is 0 Å². The first-order valence-electron chi connectivity index (χ1n) is 8.64. The lowest BCUT2D eigenvalue weighted by Gasteiger charge is -2.08. The molecular weight excluding hydrogens is 329 g/mol. The van der Waals surface area contributed by atoms with E-state index in [0.29, 0.717) is 6.61 Å². The van der Waals surface area contributed by atoms with Gasteiger partial charge in [-0.15, -0.1) is 0 Å². The number of ether oxygens (including phenoxy) is 2. The molecule has 0 heterocycles. The summed E-state index contributed by atoms with van der Waals surface area (Å²) in [6.07, 6.45) is 0. The molecule has 2 N–H and O–H groups in total. The Balaban J connectivity index is 1.49. The van der Waals surface area contributed by atoms with E-state index in [0.717, 1.165) is 30.2 Å². The van der Waals surface area contributed by atoms with Gasteiger partial charge in [-0.05, 0) is 54.1 Å². The molecule has 0 aromatic heterocycles. The van der Waals surface area contributed by atoms with Crippen LogP contribution in [0.4, 0.5) is 4.39 Å². The normalized spacial score (nSPS) is 10.5. The predicted molar refractivity (Wildman–Crippen MR) is 99.5 cm³/mol. The van der Waals surface area contributed by atoms with Gasteiger partial charge in [0.25, 0.3) is 0 Å². The molecule has 0 aliphatic heterocycles. The monoisotopic (exact) mass is 352 g/mol. The molecular formula is C22H23FNO2+. The second-order valence-corrected chi connectivity index (χ2v) is 6.11. The van der Waals surface area contributed by atoms with Crippen LogP contribution in [0.3, 0.4) is 0 Å². The van der Waals surface area contributed by atoms with Crippen LogP contribution < -0.4 is 14.8 Å². The molecule has 134 valence electrons. The summed E-state index contributed by atoms with van der Waals surface area (Å²) in [7, 11) is 1.67. The molecule has 0 bridgehead atoms. The third kappa shape index (κ3) is 5.33. The van der Waals surface area contributed by atoms with Gasteiger partial charge in [-0.3, -0.25) is 0 Å². The molecule has 0 amide bonds. The Morgan fingerprint density at radius 1 is 0.769 bits per heavy atom. The standard InChI is InChI=1S/C22H22FNO2/c1-25-21-11-7-17(8-12-21)14-24-15-19-3-2-4-22(13-19)26-16-18-5-9-20(23)10-6-18/h2-13,24H,14-16H2,1H3/p+1. The number of benzene rings is 3. The molecule has 0 saturated carbocycles. The second-order valence-electron chi connectivity index (χ2n) is 6.11. The lowest BCUT2D eigenvalue weighted by Crippen LogP contribution is -2.80. The van der Waals surface area contributed by atoms with Gasteiger partial charge in [0.2, 0.25) is 0 Å². The van der Waals surface area contributed by atoms with Crippen molar-refractivity contribution in [2.45, 2.75) is 19.7 Å².